The monoisotopic (exact) mass is 660 g/mol. The molecule has 0 radical (unpaired) electrons. The maximum atomic E-state index is 2.44. The lowest BCUT2D eigenvalue weighted by Crippen LogP contribution is -1.98. The van der Waals surface area contributed by atoms with Crippen LogP contribution in [0.15, 0.2) is 194 Å². The maximum absolute atomic E-state index is 2.44. The summed E-state index contributed by atoms with van der Waals surface area (Å²) in [6, 6.07) is 68.7. The van der Waals surface area contributed by atoms with Gasteiger partial charge in [0.25, 0.3) is 0 Å². The van der Waals surface area contributed by atoms with E-state index in [2.05, 4.69) is 203 Å². The predicted octanol–water partition coefficient (Wildman–Crippen LogP) is 13.5. The highest BCUT2D eigenvalue weighted by Crippen LogP contribution is 2.41. The minimum Gasteiger partial charge on any atom is -0.315 e. The molecule has 0 saturated heterocycles. The zero-order valence-corrected chi connectivity index (χ0v) is 28.4. The number of rotatable bonds is 4. The second kappa shape index (κ2) is 11.3. The minimum atomic E-state index is 1.15. The molecule has 11 rings (SSSR count). The molecule has 2 aromatic heterocycles. The zero-order chi connectivity index (χ0) is 34.2. The van der Waals surface area contributed by atoms with Gasteiger partial charge in [0.1, 0.15) is 0 Å². The number of aromatic nitrogens is 2. The Bertz CT molecular complexity index is 3130. The maximum Gasteiger partial charge on any atom is 0.0788 e. The Kier molecular flexibility index (Phi) is 6.28. The molecular weight excluding hydrogens is 629 g/mol. The molecule has 9 aromatic carbocycles. The lowest BCUT2D eigenvalue weighted by Gasteiger charge is -2.14. The van der Waals surface area contributed by atoms with E-state index in [0.717, 1.165) is 11.4 Å². The molecule has 0 unspecified atom stereocenters. The van der Waals surface area contributed by atoms with Crippen molar-refractivity contribution in [2.75, 3.05) is 0 Å². The van der Waals surface area contributed by atoms with E-state index in [1.165, 1.54) is 87.3 Å². The van der Waals surface area contributed by atoms with Gasteiger partial charge in [-0.15, -0.1) is 0 Å². The van der Waals surface area contributed by atoms with E-state index < -0.39 is 0 Å². The molecule has 52 heavy (non-hydrogen) atoms. The summed E-state index contributed by atoms with van der Waals surface area (Å²) in [6.45, 7) is 0. The Balaban J connectivity index is 1.07. The Labute approximate surface area is 301 Å². The molecule has 2 heteroatoms. The third-order valence-electron chi connectivity index (χ3n) is 10.9. The summed E-state index contributed by atoms with van der Waals surface area (Å²) in [4.78, 5) is 0. The standard InChI is InChI=1S/C50H32N2/c1-3-11-33(12-4-1)36-22-26-42-43-27-23-37(32-47(43)41-16-8-7-15-40(41)46(42)31-36)34-19-24-39(25-20-34)52-48-18-10-9-17-44(48)45-28-21-35-29-30-51(49(35)50(45)52)38-13-5-2-6-14-38/h1-32H. The molecule has 11 aromatic rings. The van der Waals surface area contributed by atoms with Gasteiger partial charge in [-0.05, 0) is 103 Å². The van der Waals surface area contributed by atoms with E-state index in [0.29, 0.717) is 0 Å². The molecule has 0 bridgehead atoms. The van der Waals surface area contributed by atoms with Crippen LogP contribution in [0.3, 0.4) is 0 Å². The van der Waals surface area contributed by atoms with Crippen molar-refractivity contribution in [3.05, 3.63) is 194 Å². The van der Waals surface area contributed by atoms with Crippen molar-refractivity contribution >= 4 is 65.0 Å². The summed E-state index contributed by atoms with van der Waals surface area (Å²) < 4.78 is 4.77. The first-order chi connectivity index (χ1) is 25.8. The van der Waals surface area contributed by atoms with Crippen molar-refractivity contribution in [1.29, 1.82) is 0 Å². The van der Waals surface area contributed by atoms with Gasteiger partial charge in [-0.3, -0.25) is 0 Å². The van der Waals surface area contributed by atoms with E-state index in [9.17, 15) is 0 Å². The van der Waals surface area contributed by atoms with Gasteiger partial charge in [0.05, 0.1) is 16.6 Å². The molecule has 0 fully saturated rings. The SMILES string of the molecule is c1ccc(-c2ccc3c4ccc(-c5ccc(-n6c7ccccc7c7ccc8ccn(-c9ccccc9)c8c76)cc5)cc4c4ccccc4c3c2)cc1. The summed E-state index contributed by atoms with van der Waals surface area (Å²) in [6.07, 6.45) is 2.19. The number of fused-ring (bicyclic) bond motifs is 11. The number of nitrogens with zero attached hydrogens (tertiary/aromatic N) is 2. The van der Waals surface area contributed by atoms with Gasteiger partial charge in [0, 0.05) is 33.7 Å². The molecule has 0 aliphatic carbocycles. The molecule has 2 nitrogen and oxygen atoms in total. The molecule has 0 aliphatic rings. The van der Waals surface area contributed by atoms with Crippen molar-refractivity contribution in [2.24, 2.45) is 0 Å². The molecule has 0 atom stereocenters. The van der Waals surface area contributed by atoms with Crippen LogP contribution < -0.4 is 0 Å². The van der Waals surface area contributed by atoms with Gasteiger partial charge in [0.15, 0.2) is 0 Å². The average molecular weight is 661 g/mol. The van der Waals surface area contributed by atoms with Gasteiger partial charge in [-0.25, -0.2) is 0 Å². The predicted molar refractivity (Wildman–Crippen MR) is 221 cm³/mol. The third-order valence-corrected chi connectivity index (χ3v) is 10.9. The van der Waals surface area contributed by atoms with Crippen LogP contribution in [0.2, 0.25) is 0 Å². The van der Waals surface area contributed by atoms with E-state index in [-0.39, 0.29) is 0 Å². The zero-order valence-electron chi connectivity index (χ0n) is 28.4. The second-order valence-corrected chi connectivity index (χ2v) is 13.8. The fraction of sp³-hybridized carbons (Fsp3) is 0. The molecule has 0 amide bonds. The van der Waals surface area contributed by atoms with Gasteiger partial charge < -0.3 is 9.13 Å². The highest BCUT2D eigenvalue weighted by atomic mass is 15.0. The number of hydrogen-bond acceptors (Lipinski definition) is 0. The van der Waals surface area contributed by atoms with Crippen LogP contribution in [0.25, 0.3) is 98.7 Å². The number of para-hydroxylation sites is 2. The van der Waals surface area contributed by atoms with Gasteiger partial charge in [-0.2, -0.15) is 0 Å². The number of hydrogen-bond donors (Lipinski definition) is 0. The third kappa shape index (κ3) is 4.31. The summed E-state index contributed by atoms with van der Waals surface area (Å²) in [5.41, 5.74) is 10.8. The van der Waals surface area contributed by atoms with Crippen molar-refractivity contribution in [3.63, 3.8) is 0 Å². The Morgan fingerprint density at radius 3 is 1.48 bits per heavy atom. The van der Waals surface area contributed by atoms with Crippen LogP contribution in [0.5, 0.6) is 0 Å². The van der Waals surface area contributed by atoms with E-state index in [4.69, 9.17) is 0 Å². The van der Waals surface area contributed by atoms with Crippen LogP contribution in [-0.4, -0.2) is 9.13 Å². The molecule has 2 heterocycles. The lowest BCUT2D eigenvalue weighted by molar-refractivity contribution is 1.12. The quantitative estimate of drug-likeness (QED) is 0.166. The molecular formula is C50H32N2. The second-order valence-electron chi connectivity index (χ2n) is 13.8. The first-order valence-corrected chi connectivity index (χ1v) is 17.9. The van der Waals surface area contributed by atoms with Crippen LogP contribution in [-0.2, 0) is 0 Å². The molecule has 0 spiro atoms. The topological polar surface area (TPSA) is 9.86 Å². The molecule has 0 aliphatic heterocycles. The molecule has 0 saturated carbocycles. The fourth-order valence-electron chi connectivity index (χ4n) is 8.49. The largest absolute Gasteiger partial charge is 0.315 e. The smallest absolute Gasteiger partial charge is 0.0788 e. The normalized spacial score (nSPS) is 11.8. The van der Waals surface area contributed by atoms with Crippen molar-refractivity contribution in [1.82, 2.24) is 9.13 Å². The Morgan fingerprint density at radius 1 is 0.288 bits per heavy atom. The highest BCUT2D eigenvalue weighted by Gasteiger charge is 2.18. The average Bonchev–Trinajstić information content (AvgIpc) is 3.81. The first kappa shape index (κ1) is 28.9. The van der Waals surface area contributed by atoms with Gasteiger partial charge in [-0.1, -0.05) is 140 Å². The van der Waals surface area contributed by atoms with Crippen molar-refractivity contribution in [2.45, 2.75) is 0 Å². The summed E-state index contributed by atoms with van der Waals surface area (Å²) in [5, 5.41) is 11.4. The summed E-state index contributed by atoms with van der Waals surface area (Å²) in [5.74, 6) is 0. The highest BCUT2D eigenvalue weighted by molar-refractivity contribution is 6.26. The molecule has 242 valence electrons. The Morgan fingerprint density at radius 2 is 0.808 bits per heavy atom. The van der Waals surface area contributed by atoms with E-state index >= 15 is 0 Å². The van der Waals surface area contributed by atoms with Crippen molar-refractivity contribution < 1.29 is 0 Å². The fourth-order valence-corrected chi connectivity index (χ4v) is 8.49. The van der Waals surface area contributed by atoms with Crippen LogP contribution in [0, 0.1) is 0 Å². The molecule has 0 N–H and O–H groups in total. The van der Waals surface area contributed by atoms with E-state index in [1.807, 2.05) is 0 Å². The van der Waals surface area contributed by atoms with Crippen molar-refractivity contribution in [3.8, 4) is 33.6 Å². The van der Waals surface area contributed by atoms with E-state index in [1.54, 1.807) is 0 Å². The Hall–Kier alpha value is -6.90. The number of benzene rings is 9. The van der Waals surface area contributed by atoms with Gasteiger partial charge >= 0.3 is 0 Å². The van der Waals surface area contributed by atoms with Crippen LogP contribution >= 0.6 is 0 Å². The van der Waals surface area contributed by atoms with Crippen LogP contribution in [0.1, 0.15) is 0 Å². The minimum absolute atomic E-state index is 1.15. The summed E-state index contributed by atoms with van der Waals surface area (Å²) >= 11 is 0. The van der Waals surface area contributed by atoms with Crippen LogP contribution in [0.4, 0.5) is 0 Å². The van der Waals surface area contributed by atoms with Gasteiger partial charge in [0.2, 0.25) is 0 Å². The first-order valence-electron chi connectivity index (χ1n) is 17.9. The summed E-state index contributed by atoms with van der Waals surface area (Å²) in [7, 11) is 0. The lowest BCUT2D eigenvalue weighted by atomic mass is 9.90.